The van der Waals surface area contributed by atoms with E-state index in [1.165, 1.54) is 11.8 Å². The highest BCUT2D eigenvalue weighted by Gasteiger charge is 2.19. The van der Waals surface area contributed by atoms with Crippen molar-refractivity contribution in [1.29, 1.82) is 0 Å². The summed E-state index contributed by atoms with van der Waals surface area (Å²) >= 11 is 3.04. The lowest BCUT2D eigenvalue weighted by Gasteiger charge is -2.12. The Morgan fingerprint density at radius 3 is 2.72 bits per heavy atom. The van der Waals surface area contributed by atoms with Crippen molar-refractivity contribution in [2.45, 2.75) is 31.7 Å². The lowest BCUT2D eigenvalue weighted by Crippen LogP contribution is -2.11. The minimum atomic E-state index is -0.0936. The van der Waals surface area contributed by atoms with Crippen molar-refractivity contribution in [2.75, 3.05) is 0 Å². The van der Waals surface area contributed by atoms with Crippen LogP contribution in [0.5, 0.6) is 0 Å². The molecule has 0 aliphatic carbocycles. The molecule has 0 unspecified atom stereocenters. The standard InChI is InChI=1S/C23H20N6OS2/c1-13-7-4-5-9-17(13)29-20(16-8-6-10-24-11-16)27-28-23(29)31-12-18-25-21(30)19-14(2)15(3)32-22(19)26-18/h4-11H,12H2,1-3H3,(H,25,26,30). The molecule has 5 rings (SSSR count). The second kappa shape index (κ2) is 8.33. The van der Waals surface area contributed by atoms with Gasteiger partial charge < -0.3 is 4.98 Å². The van der Waals surface area contributed by atoms with Crippen LogP contribution in [0, 0.1) is 20.8 Å². The van der Waals surface area contributed by atoms with Crippen LogP contribution in [0.4, 0.5) is 0 Å². The Morgan fingerprint density at radius 2 is 1.94 bits per heavy atom. The number of hydrogen-bond acceptors (Lipinski definition) is 7. The second-order valence-electron chi connectivity index (χ2n) is 7.43. The Bertz CT molecular complexity index is 1490. The molecule has 7 nitrogen and oxygen atoms in total. The molecule has 4 aromatic heterocycles. The van der Waals surface area contributed by atoms with Crippen LogP contribution < -0.4 is 5.56 Å². The summed E-state index contributed by atoms with van der Waals surface area (Å²) in [6.07, 6.45) is 3.52. The average Bonchev–Trinajstić information content (AvgIpc) is 3.34. The highest BCUT2D eigenvalue weighted by Crippen LogP contribution is 2.31. The van der Waals surface area contributed by atoms with Crippen LogP contribution in [0.3, 0.4) is 0 Å². The maximum absolute atomic E-state index is 12.6. The average molecular weight is 461 g/mol. The zero-order valence-corrected chi connectivity index (χ0v) is 19.4. The summed E-state index contributed by atoms with van der Waals surface area (Å²) in [5, 5.41) is 10.3. The minimum Gasteiger partial charge on any atom is -0.309 e. The molecule has 0 amide bonds. The van der Waals surface area contributed by atoms with Crippen LogP contribution in [0.1, 0.15) is 21.8 Å². The second-order valence-corrected chi connectivity index (χ2v) is 9.58. The molecule has 160 valence electrons. The number of rotatable bonds is 5. The molecule has 0 saturated heterocycles. The van der Waals surface area contributed by atoms with Gasteiger partial charge in [0, 0.05) is 22.8 Å². The number of hydrogen-bond donors (Lipinski definition) is 1. The molecular formula is C23H20N6OS2. The lowest BCUT2D eigenvalue weighted by atomic mass is 10.2. The molecule has 9 heteroatoms. The quantitative estimate of drug-likeness (QED) is 0.377. The topological polar surface area (TPSA) is 89.4 Å². The van der Waals surface area contributed by atoms with Crippen molar-refractivity contribution < 1.29 is 0 Å². The number of benzene rings is 1. The van der Waals surface area contributed by atoms with Gasteiger partial charge in [-0.2, -0.15) is 0 Å². The Labute approximate surface area is 192 Å². The predicted molar refractivity (Wildman–Crippen MR) is 129 cm³/mol. The van der Waals surface area contributed by atoms with Gasteiger partial charge in [0.1, 0.15) is 10.7 Å². The molecule has 0 spiro atoms. The first-order valence-corrected chi connectivity index (χ1v) is 11.9. The summed E-state index contributed by atoms with van der Waals surface area (Å²) in [6.45, 7) is 6.04. The molecule has 1 aromatic carbocycles. The number of thiophene rings is 1. The molecule has 32 heavy (non-hydrogen) atoms. The molecule has 0 bridgehead atoms. The number of nitrogens with one attached hydrogen (secondary N) is 1. The molecular weight excluding hydrogens is 440 g/mol. The first-order valence-electron chi connectivity index (χ1n) is 10.1. The number of para-hydroxylation sites is 1. The molecule has 0 saturated carbocycles. The fraction of sp³-hybridized carbons (Fsp3) is 0.174. The SMILES string of the molecule is Cc1ccccc1-n1c(SCc2nc3sc(C)c(C)c3c(=O)[nH]2)nnc1-c1cccnc1. The maximum atomic E-state index is 12.6. The highest BCUT2D eigenvalue weighted by molar-refractivity contribution is 7.98. The Kier molecular flexibility index (Phi) is 5.36. The number of nitrogens with zero attached hydrogens (tertiary/aromatic N) is 5. The molecule has 0 aliphatic heterocycles. The van der Waals surface area contributed by atoms with E-state index < -0.39 is 0 Å². The van der Waals surface area contributed by atoms with Crippen LogP contribution in [-0.4, -0.2) is 29.7 Å². The molecule has 0 aliphatic rings. The minimum absolute atomic E-state index is 0.0936. The van der Waals surface area contributed by atoms with Gasteiger partial charge in [-0.05, 0) is 50.1 Å². The maximum Gasteiger partial charge on any atom is 0.259 e. The first kappa shape index (κ1) is 20.6. The summed E-state index contributed by atoms with van der Waals surface area (Å²) in [4.78, 5) is 26.4. The van der Waals surface area contributed by atoms with E-state index in [9.17, 15) is 4.79 Å². The van der Waals surface area contributed by atoms with Gasteiger partial charge in [-0.3, -0.25) is 14.3 Å². The zero-order valence-electron chi connectivity index (χ0n) is 17.8. The van der Waals surface area contributed by atoms with E-state index in [2.05, 4.69) is 33.2 Å². The molecule has 4 heterocycles. The van der Waals surface area contributed by atoms with E-state index >= 15 is 0 Å². The van der Waals surface area contributed by atoms with Crippen LogP contribution >= 0.6 is 23.1 Å². The van der Waals surface area contributed by atoms with Crippen LogP contribution in [-0.2, 0) is 5.75 Å². The number of aromatic nitrogens is 6. The van der Waals surface area contributed by atoms with Crippen molar-refractivity contribution in [2.24, 2.45) is 0 Å². The fourth-order valence-corrected chi connectivity index (χ4v) is 5.44. The summed E-state index contributed by atoms with van der Waals surface area (Å²) in [5.41, 5.74) is 3.90. The van der Waals surface area contributed by atoms with Crippen LogP contribution in [0.25, 0.3) is 27.3 Å². The Morgan fingerprint density at radius 1 is 1.09 bits per heavy atom. The van der Waals surface area contributed by atoms with E-state index in [0.29, 0.717) is 17.0 Å². The monoisotopic (exact) mass is 460 g/mol. The lowest BCUT2D eigenvalue weighted by molar-refractivity contribution is 0.877. The molecule has 1 N–H and O–H groups in total. The van der Waals surface area contributed by atoms with Gasteiger partial charge in [-0.1, -0.05) is 30.0 Å². The smallest absolute Gasteiger partial charge is 0.259 e. The van der Waals surface area contributed by atoms with Gasteiger partial charge in [0.15, 0.2) is 11.0 Å². The van der Waals surface area contributed by atoms with Gasteiger partial charge in [0.2, 0.25) is 0 Å². The van der Waals surface area contributed by atoms with Gasteiger partial charge in [-0.25, -0.2) is 4.98 Å². The molecule has 0 atom stereocenters. The third-order valence-electron chi connectivity index (χ3n) is 5.34. The van der Waals surface area contributed by atoms with Gasteiger partial charge in [0.25, 0.3) is 5.56 Å². The van der Waals surface area contributed by atoms with E-state index in [1.54, 1.807) is 23.7 Å². The van der Waals surface area contributed by atoms with Crippen molar-refractivity contribution in [3.05, 3.63) is 81.0 Å². The number of aryl methyl sites for hydroxylation is 3. The van der Waals surface area contributed by atoms with Gasteiger partial charge in [-0.15, -0.1) is 21.5 Å². The van der Waals surface area contributed by atoms with Gasteiger partial charge in [0.05, 0.1) is 16.8 Å². The van der Waals surface area contributed by atoms with Crippen molar-refractivity contribution in [3.63, 3.8) is 0 Å². The van der Waals surface area contributed by atoms with Crippen LogP contribution in [0.15, 0.2) is 58.7 Å². The Balaban J connectivity index is 1.55. The molecule has 5 aromatic rings. The normalized spacial score (nSPS) is 11.3. The number of aromatic amines is 1. The van der Waals surface area contributed by atoms with Crippen LogP contribution in [0.2, 0.25) is 0 Å². The third-order valence-corrected chi connectivity index (χ3v) is 7.38. The number of pyridine rings is 1. The number of H-pyrrole nitrogens is 1. The number of fused-ring (bicyclic) bond motifs is 1. The van der Waals surface area contributed by atoms with E-state index in [4.69, 9.17) is 4.98 Å². The van der Waals surface area contributed by atoms with E-state index in [-0.39, 0.29) is 5.56 Å². The zero-order chi connectivity index (χ0) is 22.2. The molecule has 0 radical (unpaired) electrons. The largest absolute Gasteiger partial charge is 0.309 e. The van der Waals surface area contributed by atoms with Gasteiger partial charge >= 0.3 is 0 Å². The molecule has 0 fully saturated rings. The van der Waals surface area contributed by atoms with Crippen molar-refractivity contribution >= 4 is 33.3 Å². The summed E-state index contributed by atoms with van der Waals surface area (Å²) in [5.74, 6) is 1.81. The van der Waals surface area contributed by atoms with E-state index in [0.717, 1.165) is 43.1 Å². The summed E-state index contributed by atoms with van der Waals surface area (Å²) < 4.78 is 2.03. The summed E-state index contributed by atoms with van der Waals surface area (Å²) in [6, 6.07) is 12.0. The third kappa shape index (κ3) is 3.63. The van der Waals surface area contributed by atoms with Crippen molar-refractivity contribution in [3.8, 4) is 17.1 Å². The number of thioether (sulfide) groups is 1. The fourth-order valence-electron chi connectivity index (χ4n) is 3.58. The summed E-state index contributed by atoms with van der Waals surface area (Å²) in [7, 11) is 0. The predicted octanol–water partition coefficient (Wildman–Crippen LogP) is 4.84. The first-order chi connectivity index (χ1) is 15.5. The van der Waals surface area contributed by atoms with E-state index in [1.807, 2.05) is 48.7 Å². The van der Waals surface area contributed by atoms with Crippen molar-refractivity contribution in [1.82, 2.24) is 29.7 Å². The Hall–Kier alpha value is -3.30. The highest BCUT2D eigenvalue weighted by atomic mass is 32.2.